The average molecular weight is 492 g/mol. The average Bonchev–Trinajstić information content (AvgIpc) is 3.73. The van der Waals surface area contributed by atoms with Gasteiger partial charge >= 0.3 is 0 Å². The summed E-state index contributed by atoms with van der Waals surface area (Å²) in [7, 11) is 0. The van der Waals surface area contributed by atoms with Crippen LogP contribution in [0.25, 0.3) is 28.0 Å². The third kappa shape index (κ3) is 4.90. The van der Waals surface area contributed by atoms with E-state index in [4.69, 9.17) is 4.98 Å². The molecule has 186 valence electrons. The molecule has 1 unspecified atom stereocenters. The van der Waals surface area contributed by atoms with Gasteiger partial charge in [-0.3, -0.25) is 9.36 Å². The summed E-state index contributed by atoms with van der Waals surface area (Å²) in [5.41, 5.74) is 1.72. The highest BCUT2D eigenvalue weighted by molar-refractivity contribution is 5.86. The third-order valence-corrected chi connectivity index (χ3v) is 7.22. The van der Waals surface area contributed by atoms with E-state index in [-0.39, 0.29) is 18.4 Å². The highest BCUT2D eigenvalue weighted by Crippen LogP contribution is 2.32. The Kier molecular flexibility index (Phi) is 6.27. The number of fused-ring (bicyclic) bond motifs is 1. The molecule has 0 radical (unpaired) electrons. The Morgan fingerprint density at radius 2 is 1.92 bits per heavy atom. The van der Waals surface area contributed by atoms with E-state index in [1.54, 1.807) is 12.4 Å². The molecule has 37 heavy (non-hydrogen) atoms. The first-order chi connectivity index (χ1) is 18.2. The van der Waals surface area contributed by atoms with E-state index in [1.165, 1.54) is 0 Å². The van der Waals surface area contributed by atoms with E-state index in [0.717, 1.165) is 66.5 Å². The lowest BCUT2D eigenvalue weighted by atomic mass is 10.1. The Labute approximate surface area is 216 Å². The first-order valence-corrected chi connectivity index (χ1v) is 13.0. The van der Waals surface area contributed by atoms with Gasteiger partial charge in [-0.25, -0.2) is 9.97 Å². The Morgan fingerprint density at radius 1 is 1.05 bits per heavy atom. The molecule has 2 aromatic carbocycles. The number of carbonyl (C=O) groups excluding carboxylic acids is 1. The maximum absolute atomic E-state index is 12.7. The number of hydrogen-bond donors (Lipinski definition) is 1. The highest BCUT2D eigenvalue weighted by atomic mass is 16.2. The van der Waals surface area contributed by atoms with Crippen molar-refractivity contribution >= 4 is 22.6 Å². The molecule has 4 aromatic rings. The third-order valence-electron chi connectivity index (χ3n) is 7.22. The van der Waals surface area contributed by atoms with E-state index in [0.29, 0.717) is 24.2 Å². The lowest BCUT2D eigenvalue weighted by molar-refractivity contribution is -0.132. The summed E-state index contributed by atoms with van der Waals surface area (Å²) >= 11 is 0. The molecule has 2 fully saturated rings. The predicted molar refractivity (Wildman–Crippen MR) is 142 cm³/mol. The maximum atomic E-state index is 12.7. The van der Waals surface area contributed by atoms with Crippen LogP contribution in [0.1, 0.15) is 37.8 Å². The predicted octanol–water partition coefficient (Wildman–Crippen LogP) is 4.75. The molecule has 2 aromatic heterocycles. The number of amides is 1. The molecule has 1 saturated heterocycles. The molecule has 0 spiro atoms. The Morgan fingerprint density at radius 3 is 2.76 bits per heavy atom. The molecule has 3 heterocycles. The van der Waals surface area contributed by atoms with Gasteiger partial charge in [-0.15, -0.1) is 0 Å². The van der Waals surface area contributed by atoms with Crippen molar-refractivity contribution in [2.45, 2.75) is 44.6 Å². The van der Waals surface area contributed by atoms with Gasteiger partial charge in [-0.05, 0) is 55.0 Å². The second-order valence-electron chi connectivity index (χ2n) is 9.94. The lowest BCUT2D eigenvalue weighted by Gasteiger charge is -2.25. The number of nitrogens with zero attached hydrogens (tertiary/aromatic N) is 6. The molecule has 1 saturated carbocycles. The quantitative estimate of drug-likeness (QED) is 0.418. The molecule has 0 bridgehead atoms. The molecule has 6 rings (SSSR count). The van der Waals surface area contributed by atoms with E-state index >= 15 is 0 Å². The van der Waals surface area contributed by atoms with Gasteiger partial charge in [0.15, 0.2) is 0 Å². The van der Waals surface area contributed by atoms with E-state index in [2.05, 4.69) is 51.7 Å². The minimum atomic E-state index is 0.0989. The molecule has 8 heteroatoms. The number of hydrogen-bond acceptors (Lipinski definition) is 6. The summed E-state index contributed by atoms with van der Waals surface area (Å²) < 4.78 is 1.94. The fourth-order valence-corrected chi connectivity index (χ4v) is 5.15. The van der Waals surface area contributed by atoms with Crippen LogP contribution in [-0.2, 0) is 11.2 Å². The van der Waals surface area contributed by atoms with Gasteiger partial charge in [0.25, 0.3) is 0 Å². The van der Waals surface area contributed by atoms with Gasteiger partial charge in [0, 0.05) is 36.8 Å². The molecule has 2 aliphatic rings. The highest BCUT2D eigenvalue weighted by Gasteiger charge is 2.34. The van der Waals surface area contributed by atoms with Crippen LogP contribution in [0.15, 0.2) is 60.9 Å². The molecule has 8 nitrogen and oxygen atoms in total. The molecule has 1 aliphatic heterocycles. The first kappa shape index (κ1) is 23.2. The summed E-state index contributed by atoms with van der Waals surface area (Å²) in [6.45, 7) is 1.51. The fourth-order valence-electron chi connectivity index (χ4n) is 5.15. The SMILES string of the molecule is N#CCc1cnc(-c2ccc3ccccc3c2)n1-c1ccnc(NC2CCCCN(C(=O)C3CC3)C2)n1. The number of aromatic nitrogens is 4. The summed E-state index contributed by atoms with van der Waals surface area (Å²) in [6, 6.07) is 18.7. The van der Waals surface area contributed by atoms with Gasteiger partial charge in [0.1, 0.15) is 11.6 Å². The number of imidazole rings is 1. The van der Waals surface area contributed by atoms with Gasteiger partial charge in [0.05, 0.1) is 24.4 Å². The number of rotatable bonds is 6. The van der Waals surface area contributed by atoms with Crippen LogP contribution in [0.4, 0.5) is 5.95 Å². The van der Waals surface area contributed by atoms with Gasteiger partial charge in [0.2, 0.25) is 11.9 Å². The Hall–Kier alpha value is -4.25. The van der Waals surface area contributed by atoms with E-state index in [9.17, 15) is 10.1 Å². The number of anilines is 1. The topological polar surface area (TPSA) is 99.7 Å². The Balaban J connectivity index is 1.31. The van der Waals surface area contributed by atoms with Crippen molar-refractivity contribution in [1.82, 2.24) is 24.4 Å². The normalized spacial score (nSPS) is 17.8. The lowest BCUT2D eigenvalue weighted by Crippen LogP contribution is -2.40. The van der Waals surface area contributed by atoms with Gasteiger partial charge in [-0.2, -0.15) is 10.2 Å². The van der Waals surface area contributed by atoms with Gasteiger partial charge in [-0.1, -0.05) is 36.4 Å². The van der Waals surface area contributed by atoms with Gasteiger partial charge < -0.3 is 10.2 Å². The van der Waals surface area contributed by atoms with Crippen molar-refractivity contribution < 1.29 is 4.79 Å². The van der Waals surface area contributed by atoms with Crippen LogP contribution in [0, 0.1) is 17.2 Å². The van der Waals surface area contributed by atoms with Crippen LogP contribution >= 0.6 is 0 Å². The van der Waals surface area contributed by atoms with Crippen LogP contribution in [0.5, 0.6) is 0 Å². The smallest absolute Gasteiger partial charge is 0.225 e. The zero-order valence-corrected chi connectivity index (χ0v) is 20.7. The minimum Gasteiger partial charge on any atom is -0.350 e. The number of carbonyl (C=O) groups is 1. The number of benzene rings is 2. The summed E-state index contributed by atoms with van der Waals surface area (Å²) in [6.07, 6.45) is 8.79. The molecule has 1 N–H and O–H groups in total. The second kappa shape index (κ2) is 10.0. The van der Waals surface area contributed by atoms with Crippen LogP contribution in [0.2, 0.25) is 0 Å². The number of nitriles is 1. The monoisotopic (exact) mass is 491 g/mol. The summed E-state index contributed by atoms with van der Waals surface area (Å²) in [5.74, 6) is 2.43. The molecule has 1 amide bonds. The van der Waals surface area contributed by atoms with Crippen molar-refractivity contribution in [2.24, 2.45) is 5.92 Å². The van der Waals surface area contributed by atoms with E-state index < -0.39 is 0 Å². The summed E-state index contributed by atoms with van der Waals surface area (Å²) in [5, 5.41) is 15.2. The first-order valence-electron chi connectivity index (χ1n) is 13.0. The minimum absolute atomic E-state index is 0.0989. The van der Waals surface area contributed by atoms with Crippen molar-refractivity contribution in [2.75, 3.05) is 18.4 Å². The van der Waals surface area contributed by atoms with Crippen molar-refractivity contribution in [3.05, 3.63) is 66.6 Å². The second-order valence-corrected chi connectivity index (χ2v) is 9.94. The van der Waals surface area contributed by atoms with E-state index in [1.807, 2.05) is 27.7 Å². The molecular formula is C29H29N7O. The zero-order chi connectivity index (χ0) is 25.2. The maximum Gasteiger partial charge on any atom is 0.225 e. The summed E-state index contributed by atoms with van der Waals surface area (Å²) in [4.78, 5) is 28.7. The molecule has 1 atom stereocenters. The largest absolute Gasteiger partial charge is 0.350 e. The zero-order valence-electron chi connectivity index (χ0n) is 20.7. The number of likely N-dealkylation sites (tertiary alicyclic amines) is 1. The standard InChI is InChI=1S/C29H29N7O/c30-14-12-25-18-32-27(23-11-8-20-5-1-2-6-22(20)17-23)36(25)26-13-15-31-29(34-26)33-24-7-3-4-16-35(19-24)28(37)21-9-10-21/h1-2,5-6,8,11,13,15,17-18,21,24H,3-4,7,9-10,12,16,19H2,(H,31,33,34). The van der Waals surface area contributed by atoms with Crippen molar-refractivity contribution in [3.8, 4) is 23.3 Å². The molecule has 1 aliphatic carbocycles. The Bertz CT molecular complexity index is 1480. The molecular weight excluding hydrogens is 462 g/mol. The van der Waals surface area contributed by atoms with Crippen molar-refractivity contribution in [1.29, 1.82) is 5.26 Å². The number of nitrogens with one attached hydrogen (secondary N) is 1. The van der Waals surface area contributed by atoms with Crippen LogP contribution in [-0.4, -0.2) is 49.5 Å². The van der Waals surface area contributed by atoms with Crippen LogP contribution in [0.3, 0.4) is 0 Å². The fraction of sp³-hybridized carbons (Fsp3) is 0.345. The van der Waals surface area contributed by atoms with Crippen LogP contribution < -0.4 is 5.32 Å². The van der Waals surface area contributed by atoms with Crippen molar-refractivity contribution in [3.63, 3.8) is 0 Å².